The summed E-state index contributed by atoms with van der Waals surface area (Å²) in [7, 11) is 0. The van der Waals surface area contributed by atoms with E-state index >= 15 is 0 Å². The second kappa shape index (κ2) is 9.60. The van der Waals surface area contributed by atoms with Crippen LogP contribution in [0.3, 0.4) is 0 Å². The number of hydrogen-bond acceptors (Lipinski definition) is 5. The van der Waals surface area contributed by atoms with Gasteiger partial charge in [-0.05, 0) is 99.2 Å². The molecule has 0 atom stereocenters. The van der Waals surface area contributed by atoms with Gasteiger partial charge in [-0.3, -0.25) is 15.0 Å². The van der Waals surface area contributed by atoms with Crippen LogP contribution < -0.4 is 5.43 Å². The van der Waals surface area contributed by atoms with Crippen LogP contribution in [0.2, 0.25) is 0 Å². The predicted octanol–water partition coefficient (Wildman–Crippen LogP) is 6.32. The third kappa shape index (κ3) is 4.10. The van der Waals surface area contributed by atoms with Crippen molar-refractivity contribution < 1.29 is 9.59 Å². The first kappa shape index (κ1) is 25.6. The topological polar surface area (TPSA) is 78.1 Å². The van der Waals surface area contributed by atoms with E-state index in [1.165, 1.54) is 36.0 Å². The van der Waals surface area contributed by atoms with Gasteiger partial charge in [-0.2, -0.15) is 10.3 Å². The Hall–Kier alpha value is -3.41. The molecule has 40 heavy (non-hydrogen) atoms. The van der Waals surface area contributed by atoms with Crippen molar-refractivity contribution in [3.63, 3.8) is 0 Å². The number of carbonyl (C=O) groups is 2. The lowest BCUT2D eigenvalue weighted by Crippen LogP contribution is -2.57. The molecule has 1 saturated heterocycles. The van der Waals surface area contributed by atoms with Crippen LogP contribution >= 0.6 is 24.0 Å². The number of nitrogens with one attached hydrogen (secondary N) is 1. The van der Waals surface area contributed by atoms with Gasteiger partial charge in [-0.15, -0.1) is 0 Å². The number of fused-ring (bicyclic) bond motifs is 1. The average molecular weight is 567 g/mol. The Morgan fingerprint density at radius 3 is 2.45 bits per heavy atom. The first-order valence-electron chi connectivity index (χ1n) is 14.0. The molecule has 0 unspecified atom stereocenters. The maximum atomic E-state index is 13.6. The molecule has 4 aliphatic carbocycles. The van der Waals surface area contributed by atoms with Gasteiger partial charge in [0.2, 0.25) is 5.91 Å². The van der Waals surface area contributed by atoms with Gasteiger partial charge in [0.15, 0.2) is 4.32 Å². The number of thiocarbonyl (C=S) groups is 1. The summed E-state index contributed by atoms with van der Waals surface area (Å²) in [5.74, 6) is 1.61. The normalized spacial score (nSPS) is 28.1. The number of benzene rings is 2. The van der Waals surface area contributed by atoms with Crippen LogP contribution in [0.1, 0.15) is 60.9 Å². The zero-order chi connectivity index (χ0) is 27.6. The third-order valence-corrected chi connectivity index (χ3v) is 10.9. The summed E-state index contributed by atoms with van der Waals surface area (Å²) in [6.07, 6.45) is 8.47. The Morgan fingerprint density at radius 2 is 1.75 bits per heavy atom. The summed E-state index contributed by atoms with van der Waals surface area (Å²) < 4.78 is 2.55. The van der Waals surface area contributed by atoms with Gasteiger partial charge in [0, 0.05) is 28.7 Å². The highest BCUT2D eigenvalue weighted by Gasteiger charge is 2.55. The van der Waals surface area contributed by atoms with Crippen LogP contribution in [0.25, 0.3) is 17.0 Å². The molecule has 1 aliphatic heterocycles. The zero-order valence-corrected chi connectivity index (χ0v) is 24.0. The largest absolute Gasteiger partial charge is 0.340 e. The van der Waals surface area contributed by atoms with E-state index in [1.807, 2.05) is 49.4 Å². The smallest absolute Gasteiger partial charge is 0.285 e. The van der Waals surface area contributed by atoms with Crippen molar-refractivity contribution in [3.05, 3.63) is 75.8 Å². The SMILES string of the molecule is Cc1c(/C=C2\SC(=S)N(NC(=O)C34CC5CC(CC(C5)C3)C4)C2=O)c2ccccc2n1Cc1ccccc1C#N. The number of hydrazine groups is 1. The number of nitrogens with zero attached hydrogens (tertiary/aromatic N) is 3. The molecule has 5 aliphatic rings. The van der Waals surface area contributed by atoms with Gasteiger partial charge < -0.3 is 4.57 Å². The molecule has 0 radical (unpaired) electrons. The Morgan fingerprint density at radius 1 is 1.10 bits per heavy atom. The Balaban J connectivity index is 1.18. The highest BCUT2D eigenvalue weighted by molar-refractivity contribution is 8.26. The Labute approximate surface area is 243 Å². The third-order valence-electron chi connectivity index (χ3n) is 9.55. The second-order valence-corrected chi connectivity index (χ2v) is 13.7. The van der Waals surface area contributed by atoms with Crippen LogP contribution in [0.4, 0.5) is 0 Å². The monoisotopic (exact) mass is 566 g/mol. The molecule has 0 spiro atoms. The zero-order valence-electron chi connectivity index (χ0n) is 22.4. The highest BCUT2D eigenvalue weighted by atomic mass is 32.2. The molecule has 4 bridgehead atoms. The van der Waals surface area contributed by atoms with E-state index in [9.17, 15) is 14.9 Å². The van der Waals surface area contributed by atoms with E-state index in [4.69, 9.17) is 12.2 Å². The fraction of sp³-hybridized carbons (Fsp3) is 0.375. The van der Waals surface area contributed by atoms with Crippen molar-refractivity contribution in [2.24, 2.45) is 23.2 Å². The number of aromatic nitrogens is 1. The molecular formula is C32H30N4O2S2. The number of thioether (sulfide) groups is 1. The number of amides is 2. The fourth-order valence-electron chi connectivity index (χ4n) is 8.09. The van der Waals surface area contributed by atoms with Gasteiger partial charge >= 0.3 is 0 Å². The standard InChI is InChI=1S/C32H30N4O2S2/c1-19-26(25-8-4-5-9-27(25)35(19)18-24-7-3-2-6-23(24)17-33)13-28-29(37)36(31(39)40-28)34-30(38)32-14-20-10-21(15-32)12-22(11-20)16-32/h2-9,13,20-22H,10-12,14-16,18H2,1H3,(H,34,38)/b28-13-. The quantitative estimate of drug-likeness (QED) is 0.289. The van der Waals surface area contributed by atoms with Crippen molar-refractivity contribution in [1.82, 2.24) is 15.0 Å². The van der Waals surface area contributed by atoms with E-state index in [0.29, 0.717) is 39.1 Å². The van der Waals surface area contributed by atoms with Crippen LogP contribution in [-0.4, -0.2) is 25.7 Å². The molecule has 8 heteroatoms. The molecular weight excluding hydrogens is 537 g/mol. The molecule has 2 amide bonds. The molecule has 6 nitrogen and oxygen atoms in total. The summed E-state index contributed by atoms with van der Waals surface area (Å²) >= 11 is 6.83. The average Bonchev–Trinajstić information content (AvgIpc) is 3.35. The second-order valence-electron chi connectivity index (χ2n) is 12.0. The van der Waals surface area contributed by atoms with Crippen molar-refractivity contribution in [2.45, 2.75) is 52.0 Å². The van der Waals surface area contributed by atoms with Crippen LogP contribution in [0.5, 0.6) is 0 Å². The first-order chi connectivity index (χ1) is 19.3. The minimum Gasteiger partial charge on any atom is -0.340 e. The number of hydrogen-bond donors (Lipinski definition) is 1. The molecule has 2 aromatic carbocycles. The van der Waals surface area contributed by atoms with Gasteiger partial charge in [0.1, 0.15) is 0 Å². The molecule has 1 N–H and O–H groups in total. The molecule has 8 rings (SSSR count). The lowest BCUT2D eigenvalue weighted by atomic mass is 9.49. The molecule has 3 aromatic rings. The minimum atomic E-state index is -0.356. The number of carbonyl (C=O) groups excluding carboxylic acids is 2. The summed E-state index contributed by atoms with van der Waals surface area (Å²) in [5, 5.41) is 11.9. The van der Waals surface area contributed by atoms with E-state index in [0.717, 1.165) is 47.0 Å². The van der Waals surface area contributed by atoms with Crippen LogP contribution in [0.15, 0.2) is 53.4 Å². The van der Waals surface area contributed by atoms with E-state index in [-0.39, 0.29) is 17.2 Å². The lowest BCUT2D eigenvalue weighted by molar-refractivity contribution is -0.152. The summed E-state index contributed by atoms with van der Waals surface area (Å²) in [4.78, 5) is 27.7. The van der Waals surface area contributed by atoms with E-state index in [2.05, 4.69) is 28.2 Å². The maximum Gasteiger partial charge on any atom is 0.285 e. The van der Waals surface area contributed by atoms with Gasteiger partial charge in [0.25, 0.3) is 5.91 Å². The van der Waals surface area contributed by atoms with Crippen molar-refractivity contribution in [2.75, 3.05) is 0 Å². The molecule has 1 aromatic heterocycles. The van der Waals surface area contributed by atoms with Crippen molar-refractivity contribution in [1.29, 1.82) is 5.26 Å². The minimum absolute atomic E-state index is 0.0342. The molecule has 202 valence electrons. The van der Waals surface area contributed by atoms with Gasteiger partial charge in [-0.25, -0.2) is 0 Å². The van der Waals surface area contributed by atoms with Crippen LogP contribution in [-0.2, 0) is 16.1 Å². The van der Waals surface area contributed by atoms with Crippen molar-refractivity contribution in [3.8, 4) is 6.07 Å². The molecule has 5 fully saturated rings. The van der Waals surface area contributed by atoms with Gasteiger partial charge in [0.05, 0.1) is 22.0 Å². The van der Waals surface area contributed by atoms with Crippen LogP contribution in [0, 0.1) is 41.4 Å². The summed E-state index contributed by atoms with van der Waals surface area (Å²) in [6.45, 7) is 2.59. The Bertz CT molecular complexity index is 1630. The summed E-state index contributed by atoms with van der Waals surface area (Å²) in [5.41, 5.74) is 7.17. The fourth-order valence-corrected chi connectivity index (χ4v) is 9.25. The molecule has 2 heterocycles. The van der Waals surface area contributed by atoms with E-state index < -0.39 is 0 Å². The first-order valence-corrected chi connectivity index (χ1v) is 15.2. The maximum absolute atomic E-state index is 13.6. The Kier molecular flexibility index (Phi) is 6.13. The van der Waals surface area contributed by atoms with Crippen molar-refractivity contribution >= 4 is 57.1 Å². The number of para-hydroxylation sites is 1. The van der Waals surface area contributed by atoms with E-state index in [1.54, 1.807) is 0 Å². The predicted molar refractivity (Wildman–Crippen MR) is 161 cm³/mol. The highest BCUT2D eigenvalue weighted by Crippen LogP contribution is 2.60. The number of nitriles is 1. The van der Waals surface area contributed by atoms with Gasteiger partial charge in [-0.1, -0.05) is 48.2 Å². The summed E-state index contributed by atoms with van der Waals surface area (Å²) in [6, 6.07) is 18.0. The lowest BCUT2D eigenvalue weighted by Gasteiger charge is -2.55. The number of rotatable bonds is 5. The molecule has 4 saturated carbocycles.